The molecule has 0 atom stereocenters. The predicted molar refractivity (Wildman–Crippen MR) is 104 cm³/mol. The third-order valence-corrected chi connectivity index (χ3v) is 4.71. The van der Waals surface area contributed by atoms with Crippen LogP contribution in [0.4, 0.5) is 0 Å². The Morgan fingerprint density at radius 1 is 1.04 bits per heavy atom. The van der Waals surface area contributed by atoms with Gasteiger partial charge in [0, 0.05) is 13.1 Å². The topological polar surface area (TPSA) is 73.7 Å². The first-order valence-electron chi connectivity index (χ1n) is 9.24. The zero-order chi connectivity index (χ0) is 19.3. The highest BCUT2D eigenvalue weighted by Crippen LogP contribution is 2.13. The summed E-state index contributed by atoms with van der Waals surface area (Å²) >= 11 is 0. The summed E-state index contributed by atoms with van der Waals surface area (Å²) < 4.78 is 12.5. The van der Waals surface area contributed by atoms with Gasteiger partial charge in [-0.15, -0.1) is 0 Å². The largest absolute Gasteiger partial charge is 0.486 e. The zero-order valence-electron chi connectivity index (χ0n) is 15.4. The standard InChI is InChI=1S/C21H21N3O4/c25-20(23-10-12-27-13-11-23)14-24-19(15-28-16-6-2-1-3-7-16)22-18-9-5-4-8-17(18)21(24)26/h1-9H,10-15H2. The number of fused-ring (bicyclic) bond motifs is 1. The average molecular weight is 379 g/mol. The molecule has 0 unspecified atom stereocenters. The van der Waals surface area contributed by atoms with E-state index in [1.807, 2.05) is 36.4 Å². The summed E-state index contributed by atoms with van der Waals surface area (Å²) in [7, 11) is 0. The molecule has 4 rings (SSSR count). The minimum atomic E-state index is -0.237. The Morgan fingerprint density at radius 3 is 2.54 bits per heavy atom. The number of rotatable bonds is 5. The van der Waals surface area contributed by atoms with Crippen molar-refractivity contribution in [3.63, 3.8) is 0 Å². The van der Waals surface area contributed by atoms with Gasteiger partial charge < -0.3 is 14.4 Å². The summed E-state index contributed by atoms with van der Waals surface area (Å²) in [6.07, 6.45) is 0. The van der Waals surface area contributed by atoms with Crippen molar-refractivity contribution >= 4 is 16.8 Å². The monoisotopic (exact) mass is 379 g/mol. The molecule has 1 aliphatic heterocycles. The molecule has 1 fully saturated rings. The van der Waals surface area contributed by atoms with Crippen LogP contribution in [-0.2, 0) is 22.7 Å². The Kier molecular flexibility index (Phi) is 5.34. The van der Waals surface area contributed by atoms with Gasteiger partial charge >= 0.3 is 0 Å². The molecule has 2 aromatic carbocycles. The van der Waals surface area contributed by atoms with E-state index in [-0.39, 0.29) is 24.6 Å². The molecule has 0 N–H and O–H groups in total. The number of carbonyl (C=O) groups is 1. The molecule has 2 heterocycles. The summed E-state index contributed by atoms with van der Waals surface area (Å²) in [4.78, 5) is 32.1. The molecule has 0 spiro atoms. The normalized spacial score (nSPS) is 14.2. The summed E-state index contributed by atoms with van der Waals surface area (Å²) in [5, 5.41) is 0.487. The summed E-state index contributed by atoms with van der Waals surface area (Å²) in [5.41, 5.74) is 0.355. The van der Waals surface area contributed by atoms with Crippen LogP contribution in [-0.4, -0.2) is 46.7 Å². The SMILES string of the molecule is O=C(Cn1c(COc2ccccc2)nc2ccccc2c1=O)N1CCOCC1. The molecule has 7 nitrogen and oxygen atoms in total. The van der Waals surface area contributed by atoms with Gasteiger partial charge in [-0.3, -0.25) is 14.2 Å². The Labute approximate surface area is 162 Å². The smallest absolute Gasteiger partial charge is 0.261 e. The van der Waals surface area contributed by atoms with E-state index in [9.17, 15) is 9.59 Å². The van der Waals surface area contributed by atoms with Gasteiger partial charge in [-0.2, -0.15) is 0 Å². The van der Waals surface area contributed by atoms with Gasteiger partial charge in [-0.05, 0) is 24.3 Å². The number of nitrogens with zero attached hydrogens (tertiary/aromatic N) is 3. The molecule has 3 aromatic rings. The number of hydrogen-bond acceptors (Lipinski definition) is 5. The van der Waals surface area contributed by atoms with Gasteiger partial charge in [-0.1, -0.05) is 30.3 Å². The van der Waals surface area contributed by atoms with Gasteiger partial charge in [0.25, 0.3) is 5.56 Å². The van der Waals surface area contributed by atoms with Crippen molar-refractivity contribution in [3.8, 4) is 5.75 Å². The van der Waals surface area contributed by atoms with Crippen LogP contribution in [0.25, 0.3) is 10.9 Å². The summed E-state index contributed by atoms with van der Waals surface area (Å²) in [6, 6.07) is 16.5. The highest BCUT2D eigenvalue weighted by Gasteiger charge is 2.20. The van der Waals surface area contributed by atoms with E-state index in [0.29, 0.717) is 48.8 Å². The first kappa shape index (κ1) is 18.2. The van der Waals surface area contributed by atoms with Crippen molar-refractivity contribution in [1.29, 1.82) is 0 Å². The highest BCUT2D eigenvalue weighted by atomic mass is 16.5. The lowest BCUT2D eigenvalue weighted by atomic mass is 10.2. The van der Waals surface area contributed by atoms with Crippen molar-refractivity contribution in [1.82, 2.24) is 14.5 Å². The number of hydrogen-bond donors (Lipinski definition) is 0. The van der Waals surface area contributed by atoms with Gasteiger partial charge in [0.05, 0.1) is 24.1 Å². The Balaban J connectivity index is 1.66. The van der Waals surface area contributed by atoms with Crippen LogP contribution in [0.5, 0.6) is 5.75 Å². The maximum atomic E-state index is 13.1. The number of carbonyl (C=O) groups excluding carboxylic acids is 1. The molecule has 144 valence electrons. The number of morpholine rings is 1. The molecule has 1 amide bonds. The summed E-state index contributed by atoms with van der Waals surface area (Å²) in [5.74, 6) is 0.980. The number of para-hydroxylation sites is 2. The minimum Gasteiger partial charge on any atom is -0.486 e. The maximum Gasteiger partial charge on any atom is 0.261 e. The molecule has 0 bridgehead atoms. The molecule has 0 radical (unpaired) electrons. The lowest BCUT2D eigenvalue weighted by Gasteiger charge is -2.27. The van der Waals surface area contributed by atoms with E-state index in [1.165, 1.54) is 4.57 Å². The van der Waals surface area contributed by atoms with Crippen molar-refractivity contribution < 1.29 is 14.3 Å². The second-order valence-corrected chi connectivity index (χ2v) is 6.53. The van der Waals surface area contributed by atoms with Crippen molar-refractivity contribution in [3.05, 3.63) is 70.8 Å². The number of aromatic nitrogens is 2. The van der Waals surface area contributed by atoms with E-state index in [2.05, 4.69) is 4.98 Å². The lowest BCUT2D eigenvalue weighted by molar-refractivity contribution is -0.136. The van der Waals surface area contributed by atoms with E-state index < -0.39 is 0 Å². The van der Waals surface area contributed by atoms with Crippen LogP contribution in [0.2, 0.25) is 0 Å². The minimum absolute atomic E-state index is 0.0653. The highest BCUT2D eigenvalue weighted by molar-refractivity contribution is 5.79. The Hall–Kier alpha value is -3.19. The molecular formula is C21H21N3O4. The molecule has 1 aromatic heterocycles. The molecule has 0 aliphatic carbocycles. The lowest BCUT2D eigenvalue weighted by Crippen LogP contribution is -2.44. The first-order chi connectivity index (χ1) is 13.7. The average Bonchev–Trinajstić information content (AvgIpc) is 2.76. The third kappa shape index (κ3) is 3.89. The van der Waals surface area contributed by atoms with Crippen LogP contribution < -0.4 is 10.3 Å². The molecule has 1 aliphatic rings. The van der Waals surface area contributed by atoms with Gasteiger partial charge in [-0.25, -0.2) is 4.98 Å². The number of ether oxygens (including phenoxy) is 2. The predicted octanol–water partition coefficient (Wildman–Crippen LogP) is 1.83. The fourth-order valence-electron chi connectivity index (χ4n) is 3.20. The number of amides is 1. The van der Waals surface area contributed by atoms with E-state index in [4.69, 9.17) is 9.47 Å². The zero-order valence-corrected chi connectivity index (χ0v) is 15.4. The van der Waals surface area contributed by atoms with Gasteiger partial charge in [0.1, 0.15) is 18.9 Å². The van der Waals surface area contributed by atoms with E-state index >= 15 is 0 Å². The molecule has 7 heteroatoms. The fourth-order valence-corrected chi connectivity index (χ4v) is 3.20. The fraction of sp³-hybridized carbons (Fsp3) is 0.286. The van der Waals surface area contributed by atoms with Crippen molar-refractivity contribution in [2.24, 2.45) is 0 Å². The third-order valence-electron chi connectivity index (χ3n) is 4.71. The second kappa shape index (κ2) is 8.22. The molecular weight excluding hydrogens is 358 g/mol. The van der Waals surface area contributed by atoms with Crippen LogP contribution in [0, 0.1) is 0 Å². The van der Waals surface area contributed by atoms with Gasteiger partial charge in [0.15, 0.2) is 5.82 Å². The van der Waals surface area contributed by atoms with Crippen LogP contribution in [0.3, 0.4) is 0 Å². The van der Waals surface area contributed by atoms with Gasteiger partial charge in [0.2, 0.25) is 5.91 Å². The molecule has 0 saturated carbocycles. The van der Waals surface area contributed by atoms with E-state index in [1.54, 1.807) is 23.1 Å². The molecule has 1 saturated heterocycles. The number of benzene rings is 2. The van der Waals surface area contributed by atoms with E-state index in [0.717, 1.165) is 0 Å². The van der Waals surface area contributed by atoms with Crippen LogP contribution >= 0.6 is 0 Å². The van der Waals surface area contributed by atoms with Crippen molar-refractivity contribution in [2.75, 3.05) is 26.3 Å². The van der Waals surface area contributed by atoms with Crippen molar-refractivity contribution in [2.45, 2.75) is 13.2 Å². The van der Waals surface area contributed by atoms with Crippen LogP contribution in [0.15, 0.2) is 59.4 Å². The Bertz CT molecular complexity index is 1030. The molecule has 28 heavy (non-hydrogen) atoms. The first-order valence-corrected chi connectivity index (χ1v) is 9.24. The maximum absolute atomic E-state index is 13.1. The quantitative estimate of drug-likeness (QED) is 0.676. The Morgan fingerprint density at radius 2 is 1.75 bits per heavy atom. The summed E-state index contributed by atoms with van der Waals surface area (Å²) in [6.45, 7) is 2.13. The second-order valence-electron chi connectivity index (χ2n) is 6.53. The van der Waals surface area contributed by atoms with Crippen LogP contribution in [0.1, 0.15) is 5.82 Å².